The Kier molecular flexibility index (Phi) is 4.32. The lowest BCUT2D eigenvalue weighted by Crippen LogP contribution is -2.41. The third-order valence-electron chi connectivity index (χ3n) is 3.49. The highest BCUT2D eigenvalue weighted by Crippen LogP contribution is 2.36. The van der Waals surface area contributed by atoms with Crippen molar-refractivity contribution in [3.05, 3.63) is 30.1 Å². The third kappa shape index (κ3) is 2.80. The topological polar surface area (TPSA) is 52.9 Å². The summed E-state index contributed by atoms with van der Waals surface area (Å²) in [6.07, 6.45) is 0. The van der Waals surface area contributed by atoms with Crippen LogP contribution in [0.15, 0.2) is 29.3 Å². The Labute approximate surface area is 121 Å². The molecular weight excluding hydrogens is 279 g/mol. The highest BCUT2D eigenvalue weighted by atomic mass is 32.2. The number of aliphatic carboxylic acids is 1. The van der Waals surface area contributed by atoms with Crippen molar-refractivity contribution in [1.82, 2.24) is 4.90 Å². The number of halogens is 1. The van der Waals surface area contributed by atoms with Crippen molar-refractivity contribution in [2.45, 2.75) is 25.1 Å². The Morgan fingerprint density at radius 2 is 2.15 bits per heavy atom. The van der Waals surface area contributed by atoms with E-state index in [4.69, 9.17) is 5.11 Å². The average Bonchev–Trinajstić information content (AvgIpc) is 2.66. The SMILES string of the molecule is CC1SC(=Nc2ccccc2F)N(C)C1C(C)C(=O)O. The molecule has 1 aromatic rings. The molecule has 0 aromatic heterocycles. The fourth-order valence-electron chi connectivity index (χ4n) is 2.40. The van der Waals surface area contributed by atoms with Crippen LogP contribution in [0.5, 0.6) is 0 Å². The van der Waals surface area contributed by atoms with Gasteiger partial charge < -0.3 is 10.0 Å². The first-order valence-corrected chi connectivity index (χ1v) is 7.25. The van der Waals surface area contributed by atoms with Crippen LogP contribution in [0.4, 0.5) is 10.1 Å². The number of nitrogens with zero attached hydrogens (tertiary/aromatic N) is 2. The summed E-state index contributed by atoms with van der Waals surface area (Å²) in [5, 5.41) is 9.91. The van der Waals surface area contributed by atoms with Gasteiger partial charge in [0, 0.05) is 12.3 Å². The van der Waals surface area contributed by atoms with Crippen LogP contribution < -0.4 is 0 Å². The van der Waals surface area contributed by atoms with Crippen molar-refractivity contribution in [2.24, 2.45) is 10.9 Å². The highest BCUT2D eigenvalue weighted by Gasteiger charge is 2.40. The first-order chi connectivity index (χ1) is 9.41. The largest absolute Gasteiger partial charge is 0.481 e. The summed E-state index contributed by atoms with van der Waals surface area (Å²) in [6.45, 7) is 3.65. The maximum Gasteiger partial charge on any atom is 0.308 e. The van der Waals surface area contributed by atoms with Crippen molar-refractivity contribution in [1.29, 1.82) is 0 Å². The second kappa shape index (κ2) is 5.83. The molecule has 0 aliphatic carbocycles. The minimum atomic E-state index is -0.832. The number of carboxylic acid groups (broad SMARTS) is 1. The smallest absolute Gasteiger partial charge is 0.308 e. The van der Waals surface area contributed by atoms with E-state index in [0.717, 1.165) is 0 Å². The maximum absolute atomic E-state index is 13.6. The molecule has 4 nitrogen and oxygen atoms in total. The van der Waals surface area contributed by atoms with Crippen LogP contribution in [0.1, 0.15) is 13.8 Å². The van der Waals surface area contributed by atoms with Crippen molar-refractivity contribution in [3.8, 4) is 0 Å². The number of benzene rings is 1. The van der Waals surface area contributed by atoms with Gasteiger partial charge in [-0.05, 0) is 19.1 Å². The molecule has 1 fully saturated rings. The number of para-hydroxylation sites is 1. The van der Waals surface area contributed by atoms with Crippen LogP contribution in [0.2, 0.25) is 0 Å². The highest BCUT2D eigenvalue weighted by molar-refractivity contribution is 8.14. The van der Waals surface area contributed by atoms with Crippen molar-refractivity contribution >= 4 is 28.6 Å². The molecule has 2 rings (SSSR count). The van der Waals surface area contributed by atoms with Crippen LogP contribution in [-0.2, 0) is 4.79 Å². The minimum absolute atomic E-state index is 0.0941. The summed E-state index contributed by atoms with van der Waals surface area (Å²) in [6, 6.07) is 6.16. The second-order valence-electron chi connectivity index (χ2n) is 4.90. The number of hydrogen-bond acceptors (Lipinski definition) is 3. The Hall–Kier alpha value is -1.56. The first kappa shape index (κ1) is 14.8. The van der Waals surface area contributed by atoms with Gasteiger partial charge in [0.1, 0.15) is 11.5 Å². The Bertz CT molecular complexity index is 550. The predicted molar refractivity (Wildman–Crippen MR) is 78.9 cm³/mol. The standard InChI is InChI=1S/C14H17FN2O2S/c1-8(13(18)19)12-9(2)20-14(17(12)3)16-11-7-5-4-6-10(11)15/h4-9,12H,1-3H3,(H,18,19). The molecule has 1 aliphatic heterocycles. The van der Waals surface area contributed by atoms with E-state index in [9.17, 15) is 9.18 Å². The zero-order valence-corrected chi connectivity index (χ0v) is 12.4. The molecule has 1 aromatic carbocycles. The lowest BCUT2D eigenvalue weighted by atomic mass is 9.99. The minimum Gasteiger partial charge on any atom is -0.481 e. The van der Waals surface area contributed by atoms with Crippen LogP contribution in [0.3, 0.4) is 0 Å². The summed E-state index contributed by atoms with van der Waals surface area (Å²) in [4.78, 5) is 17.3. The van der Waals surface area contributed by atoms with Gasteiger partial charge in [-0.1, -0.05) is 30.8 Å². The summed E-state index contributed by atoms with van der Waals surface area (Å²) in [5.74, 6) is -1.71. The van der Waals surface area contributed by atoms with Gasteiger partial charge in [-0.2, -0.15) is 0 Å². The molecule has 0 amide bonds. The summed E-state index contributed by atoms with van der Waals surface area (Å²) < 4.78 is 13.6. The van der Waals surface area contributed by atoms with Gasteiger partial charge in [-0.25, -0.2) is 9.38 Å². The molecule has 6 heteroatoms. The van der Waals surface area contributed by atoms with E-state index in [1.165, 1.54) is 17.8 Å². The molecule has 0 radical (unpaired) electrons. The first-order valence-electron chi connectivity index (χ1n) is 6.37. The summed E-state index contributed by atoms with van der Waals surface area (Å²) >= 11 is 1.48. The number of amidine groups is 1. The van der Waals surface area contributed by atoms with Gasteiger partial charge in [0.25, 0.3) is 0 Å². The van der Waals surface area contributed by atoms with Crippen molar-refractivity contribution < 1.29 is 14.3 Å². The molecule has 3 unspecified atom stereocenters. The lowest BCUT2D eigenvalue weighted by Gasteiger charge is -2.26. The number of aliphatic imine (C=N–C) groups is 1. The number of thioether (sulfide) groups is 1. The van der Waals surface area contributed by atoms with Gasteiger partial charge >= 0.3 is 5.97 Å². The zero-order valence-electron chi connectivity index (χ0n) is 11.6. The Morgan fingerprint density at radius 3 is 2.75 bits per heavy atom. The van der Waals surface area contributed by atoms with Crippen LogP contribution >= 0.6 is 11.8 Å². The molecule has 1 N–H and O–H groups in total. The van der Waals surface area contributed by atoms with Gasteiger partial charge in [0.2, 0.25) is 0 Å². The summed E-state index contributed by atoms with van der Waals surface area (Å²) in [7, 11) is 1.81. The van der Waals surface area contributed by atoms with Crippen LogP contribution in [-0.4, -0.2) is 39.5 Å². The van der Waals surface area contributed by atoms with Crippen LogP contribution in [0, 0.1) is 11.7 Å². The number of carboxylic acids is 1. The molecule has 1 saturated heterocycles. The van der Waals surface area contributed by atoms with E-state index in [1.807, 2.05) is 11.8 Å². The van der Waals surface area contributed by atoms with E-state index in [-0.39, 0.29) is 22.8 Å². The molecule has 20 heavy (non-hydrogen) atoms. The van der Waals surface area contributed by atoms with Crippen molar-refractivity contribution in [2.75, 3.05) is 7.05 Å². The van der Waals surface area contributed by atoms with E-state index >= 15 is 0 Å². The molecule has 0 spiro atoms. The fraction of sp³-hybridized carbons (Fsp3) is 0.429. The number of rotatable bonds is 3. The molecule has 0 saturated carbocycles. The number of hydrogen-bond donors (Lipinski definition) is 1. The molecule has 0 bridgehead atoms. The van der Waals surface area contributed by atoms with Gasteiger partial charge in [-0.15, -0.1) is 0 Å². The zero-order chi connectivity index (χ0) is 14.9. The maximum atomic E-state index is 13.6. The Balaban J connectivity index is 2.28. The van der Waals surface area contributed by atoms with E-state index in [2.05, 4.69) is 4.99 Å². The average molecular weight is 296 g/mol. The second-order valence-corrected chi connectivity index (χ2v) is 6.24. The molecule has 108 valence electrons. The van der Waals surface area contributed by atoms with Gasteiger partial charge in [0.15, 0.2) is 5.17 Å². The fourth-order valence-corrected chi connectivity index (χ4v) is 3.73. The quantitative estimate of drug-likeness (QED) is 0.931. The van der Waals surface area contributed by atoms with Crippen molar-refractivity contribution in [3.63, 3.8) is 0 Å². The van der Waals surface area contributed by atoms with Gasteiger partial charge in [-0.3, -0.25) is 4.79 Å². The molecule has 3 atom stereocenters. The molecular formula is C14H17FN2O2S. The lowest BCUT2D eigenvalue weighted by molar-refractivity contribution is -0.142. The van der Waals surface area contributed by atoms with E-state index in [0.29, 0.717) is 5.17 Å². The monoisotopic (exact) mass is 296 g/mol. The van der Waals surface area contributed by atoms with Gasteiger partial charge in [0.05, 0.1) is 12.0 Å². The molecule has 1 aliphatic rings. The molecule has 1 heterocycles. The van der Waals surface area contributed by atoms with E-state index in [1.54, 1.807) is 32.2 Å². The summed E-state index contributed by atoms with van der Waals surface area (Å²) in [5.41, 5.74) is 0.276. The van der Waals surface area contributed by atoms with E-state index < -0.39 is 11.9 Å². The third-order valence-corrected chi connectivity index (χ3v) is 4.73. The Morgan fingerprint density at radius 1 is 1.50 bits per heavy atom. The normalized spacial score (nSPS) is 26.0. The predicted octanol–water partition coefficient (Wildman–Crippen LogP) is 2.97. The van der Waals surface area contributed by atoms with Crippen LogP contribution in [0.25, 0.3) is 0 Å². The number of carbonyl (C=O) groups is 1.